The molecular weight excluding hydrogens is 682 g/mol. The predicted molar refractivity (Wildman–Crippen MR) is 164 cm³/mol. The molecule has 0 spiro atoms. The van der Waals surface area contributed by atoms with Gasteiger partial charge in [0.2, 0.25) is 5.91 Å². The molecule has 2 aliphatic heterocycles. The van der Waals surface area contributed by atoms with Crippen molar-refractivity contribution in [2.75, 3.05) is 13.2 Å². The minimum atomic E-state index is -1.35. The lowest BCUT2D eigenvalue weighted by Gasteiger charge is -2.25. The van der Waals surface area contributed by atoms with Crippen molar-refractivity contribution in [1.82, 2.24) is 19.1 Å². The highest BCUT2D eigenvalue weighted by molar-refractivity contribution is 5.80. The Hall–Kier alpha value is -5.24. The first-order valence-corrected chi connectivity index (χ1v) is 15.8. The standard InChI is InChI=1S/C31H39N5O15/c1-13(2)29(43)34-28-22-27(33-12-36(28)31-26(49-19(8)42)24(47-17(6)40)21(51-31)10-45-15(4)38)35(11-32-22)30-25(48-18(7)41)23(46-16(5)39)20(50-30)9-44-14(3)37/h11-13,20-21,23-26,30-31H,9-10H2,1-8H3/t20-,21-,23-,24-,25-,26-,30-,31-/m1/s1. The molecule has 0 bridgehead atoms. The van der Waals surface area contributed by atoms with Crippen LogP contribution in [0.25, 0.3) is 11.2 Å². The van der Waals surface area contributed by atoms with Crippen LogP contribution in [-0.4, -0.2) is 111 Å². The maximum Gasteiger partial charge on any atom is 0.303 e. The smallest absolute Gasteiger partial charge is 0.303 e. The zero-order valence-electron chi connectivity index (χ0n) is 29.1. The molecule has 0 unspecified atom stereocenters. The van der Waals surface area contributed by atoms with Gasteiger partial charge in [-0.3, -0.25) is 42.7 Å². The van der Waals surface area contributed by atoms with Crippen LogP contribution >= 0.6 is 0 Å². The average Bonchev–Trinajstić information content (AvgIpc) is 3.68. The van der Waals surface area contributed by atoms with Gasteiger partial charge in [0, 0.05) is 47.5 Å². The van der Waals surface area contributed by atoms with Crippen LogP contribution in [0.3, 0.4) is 0 Å². The van der Waals surface area contributed by atoms with Crippen molar-refractivity contribution in [3.63, 3.8) is 0 Å². The summed E-state index contributed by atoms with van der Waals surface area (Å²) in [5.41, 5.74) is -0.111. The van der Waals surface area contributed by atoms with Gasteiger partial charge < -0.3 is 37.9 Å². The summed E-state index contributed by atoms with van der Waals surface area (Å²) < 4.78 is 47.1. The fourth-order valence-corrected chi connectivity index (χ4v) is 5.48. The summed E-state index contributed by atoms with van der Waals surface area (Å²) in [6.07, 6.45) is -7.50. The lowest BCUT2D eigenvalue weighted by molar-refractivity contribution is -0.166. The van der Waals surface area contributed by atoms with Crippen LogP contribution in [0.4, 0.5) is 0 Å². The van der Waals surface area contributed by atoms with E-state index in [2.05, 4.69) is 15.0 Å². The van der Waals surface area contributed by atoms with E-state index in [0.717, 1.165) is 27.7 Å². The summed E-state index contributed by atoms with van der Waals surface area (Å²) in [6.45, 7) is 9.36. The Kier molecular flexibility index (Phi) is 12.2. The lowest BCUT2D eigenvalue weighted by Crippen LogP contribution is -2.42. The fourth-order valence-electron chi connectivity index (χ4n) is 5.48. The maximum absolute atomic E-state index is 13.1. The molecule has 2 saturated heterocycles. The zero-order valence-corrected chi connectivity index (χ0v) is 29.1. The molecule has 0 aromatic carbocycles. The highest BCUT2D eigenvalue weighted by Gasteiger charge is 2.52. The van der Waals surface area contributed by atoms with E-state index in [9.17, 15) is 33.6 Å². The van der Waals surface area contributed by atoms with Crippen molar-refractivity contribution in [3.05, 3.63) is 18.1 Å². The maximum atomic E-state index is 13.1. The molecule has 4 heterocycles. The summed E-state index contributed by atoms with van der Waals surface area (Å²) >= 11 is 0. The first-order chi connectivity index (χ1) is 24.0. The molecule has 20 heteroatoms. The number of nitrogens with zero attached hydrogens (tertiary/aromatic N) is 5. The molecule has 1 amide bonds. The van der Waals surface area contributed by atoms with Gasteiger partial charge in [0.1, 0.15) is 31.7 Å². The first-order valence-electron chi connectivity index (χ1n) is 15.8. The molecule has 0 saturated carbocycles. The Bertz CT molecular complexity index is 1770. The van der Waals surface area contributed by atoms with Crippen LogP contribution in [0.2, 0.25) is 0 Å². The molecule has 0 radical (unpaired) electrons. The molecule has 51 heavy (non-hydrogen) atoms. The average molecular weight is 722 g/mol. The number of ether oxygens (including phenoxy) is 8. The number of carbonyl (C=O) groups is 7. The summed E-state index contributed by atoms with van der Waals surface area (Å²) in [5, 5.41) is 0. The van der Waals surface area contributed by atoms with Crippen molar-refractivity contribution >= 4 is 52.9 Å². The second-order valence-corrected chi connectivity index (χ2v) is 11.9. The van der Waals surface area contributed by atoms with Crippen LogP contribution in [0.5, 0.6) is 0 Å². The van der Waals surface area contributed by atoms with Gasteiger partial charge in [0.05, 0.1) is 6.33 Å². The monoisotopic (exact) mass is 721 g/mol. The molecule has 4 rings (SSSR count). The Labute approximate surface area is 290 Å². The summed E-state index contributed by atoms with van der Waals surface area (Å²) in [5.74, 6) is -5.46. The molecule has 8 atom stereocenters. The number of esters is 6. The largest absolute Gasteiger partial charge is 0.463 e. The van der Waals surface area contributed by atoms with Crippen LogP contribution in [-0.2, 0) is 71.5 Å². The van der Waals surface area contributed by atoms with E-state index in [1.54, 1.807) is 13.8 Å². The minimum absolute atomic E-state index is 0.0122. The number of rotatable bonds is 11. The summed E-state index contributed by atoms with van der Waals surface area (Å²) in [4.78, 5) is 98.3. The number of carbonyl (C=O) groups excluding carboxylic acids is 7. The number of hydrogen-bond acceptors (Lipinski definition) is 17. The van der Waals surface area contributed by atoms with E-state index in [-0.39, 0.29) is 23.3 Å². The van der Waals surface area contributed by atoms with Crippen molar-refractivity contribution < 1.29 is 71.5 Å². The molecule has 2 aromatic rings. The van der Waals surface area contributed by atoms with E-state index in [0.29, 0.717) is 0 Å². The molecule has 2 aliphatic rings. The second-order valence-electron chi connectivity index (χ2n) is 11.9. The van der Waals surface area contributed by atoms with Crippen LogP contribution in [0.15, 0.2) is 17.6 Å². The van der Waals surface area contributed by atoms with Crippen molar-refractivity contribution in [2.24, 2.45) is 10.9 Å². The van der Waals surface area contributed by atoms with Gasteiger partial charge in [-0.25, -0.2) is 9.97 Å². The minimum Gasteiger partial charge on any atom is -0.463 e. The highest BCUT2D eigenvalue weighted by atomic mass is 16.7. The van der Waals surface area contributed by atoms with Gasteiger partial charge in [-0.1, -0.05) is 13.8 Å². The topological polar surface area (TPSA) is 241 Å². The molecule has 20 nitrogen and oxygen atoms in total. The third-order valence-electron chi connectivity index (χ3n) is 7.47. The second kappa shape index (κ2) is 16.2. The SMILES string of the molecule is CC(=O)OC[C@H]1O[C@@H](n2cnc3c(ncn3[C@@H]3O[C@H](COC(C)=O)[C@@H](OC(C)=O)[C@H]3OC(C)=O)c2=NC(=O)C(C)C)[C@H](OC(C)=O)[C@@H]1OC(C)=O. The van der Waals surface area contributed by atoms with Gasteiger partial charge in [-0.2, -0.15) is 4.99 Å². The molecule has 2 aromatic heterocycles. The third-order valence-corrected chi connectivity index (χ3v) is 7.47. The van der Waals surface area contributed by atoms with Gasteiger partial charge in [-0.05, 0) is 0 Å². The van der Waals surface area contributed by atoms with Crippen LogP contribution in [0.1, 0.15) is 67.8 Å². The molecule has 0 N–H and O–H groups in total. The number of fused-ring (bicyclic) bond motifs is 1. The fraction of sp³-hybridized carbons (Fsp3) is 0.613. The number of hydrogen-bond donors (Lipinski definition) is 0. The van der Waals surface area contributed by atoms with Crippen molar-refractivity contribution in [1.29, 1.82) is 0 Å². The Morgan fingerprint density at radius 3 is 1.47 bits per heavy atom. The van der Waals surface area contributed by atoms with E-state index >= 15 is 0 Å². The van der Waals surface area contributed by atoms with Crippen molar-refractivity contribution in [2.45, 2.75) is 104 Å². The number of amides is 1. The van der Waals surface area contributed by atoms with Gasteiger partial charge in [0.15, 0.2) is 53.5 Å². The Morgan fingerprint density at radius 1 is 0.647 bits per heavy atom. The van der Waals surface area contributed by atoms with E-state index in [1.165, 1.54) is 35.6 Å². The zero-order chi connectivity index (χ0) is 37.7. The molecule has 0 aliphatic carbocycles. The third kappa shape index (κ3) is 9.11. The number of imidazole rings is 1. The lowest BCUT2D eigenvalue weighted by atomic mass is 10.1. The van der Waals surface area contributed by atoms with Crippen LogP contribution in [0, 0.1) is 5.92 Å². The van der Waals surface area contributed by atoms with Gasteiger partial charge in [-0.15, -0.1) is 0 Å². The van der Waals surface area contributed by atoms with Crippen molar-refractivity contribution in [3.8, 4) is 0 Å². The normalized spacial score (nSPS) is 26.1. The number of aromatic nitrogens is 4. The van der Waals surface area contributed by atoms with E-state index in [1.807, 2.05) is 0 Å². The van der Waals surface area contributed by atoms with Gasteiger partial charge >= 0.3 is 35.8 Å². The molecule has 2 fully saturated rings. The van der Waals surface area contributed by atoms with E-state index in [4.69, 9.17) is 37.9 Å². The Balaban J connectivity index is 1.90. The predicted octanol–water partition coefficient (Wildman–Crippen LogP) is -0.0361. The quantitative estimate of drug-likeness (QED) is 0.218. The first kappa shape index (κ1) is 38.6. The van der Waals surface area contributed by atoms with Crippen LogP contribution < -0.4 is 5.49 Å². The Morgan fingerprint density at radius 2 is 1.06 bits per heavy atom. The highest BCUT2D eigenvalue weighted by Crippen LogP contribution is 2.37. The van der Waals surface area contributed by atoms with E-state index < -0.39 is 103 Å². The summed E-state index contributed by atoms with van der Waals surface area (Å²) in [7, 11) is 0. The molecule has 278 valence electrons. The summed E-state index contributed by atoms with van der Waals surface area (Å²) in [6, 6.07) is 0. The molecular formula is C31H39N5O15. The van der Waals surface area contributed by atoms with Gasteiger partial charge in [0.25, 0.3) is 0 Å².